The van der Waals surface area contributed by atoms with Crippen LogP contribution in [-0.4, -0.2) is 67.6 Å². The molecule has 1 aliphatic carbocycles. The van der Waals surface area contributed by atoms with E-state index in [2.05, 4.69) is 20.9 Å². The molecule has 0 aromatic carbocycles. The van der Waals surface area contributed by atoms with Gasteiger partial charge in [-0.2, -0.15) is 13.2 Å². The van der Waals surface area contributed by atoms with Crippen molar-refractivity contribution in [3.63, 3.8) is 0 Å². The fourth-order valence-corrected chi connectivity index (χ4v) is 3.10. The highest BCUT2D eigenvalue weighted by molar-refractivity contribution is 5.85. The number of nitrogens with zero attached hydrogens (tertiary/aromatic N) is 2. The molecule has 0 bridgehead atoms. The molecule has 3 N–H and O–H groups in total. The van der Waals surface area contributed by atoms with Crippen LogP contribution in [0.3, 0.4) is 0 Å². The predicted molar refractivity (Wildman–Crippen MR) is 102 cm³/mol. The number of nitrogens with one attached hydrogen (secondary N) is 3. The second-order valence-corrected chi connectivity index (χ2v) is 7.43. The number of carbonyl (C=O) groups is 2. The minimum absolute atomic E-state index is 0.0115. The molecule has 10 heteroatoms. The standard InChI is InChI=1S/C18H32F3N5O2/c1-5-22-17(23-10-15(27)26(4)11-18(19,20)21)25-14-8-6-7-13(9-14)16(28)24-12(2)3/h12-14H,5-11H2,1-4H3,(H,24,28)(H2,22,23,25). The van der Waals surface area contributed by atoms with E-state index in [9.17, 15) is 22.8 Å². The SMILES string of the molecule is CCNC(=NCC(=O)N(C)CC(F)(F)F)NC1CCCC(C(=O)NC(C)C)C1. The number of likely N-dealkylation sites (N-methyl/N-ethyl adjacent to an activating group) is 1. The van der Waals surface area contributed by atoms with Crippen LogP contribution in [0.4, 0.5) is 13.2 Å². The molecule has 7 nitrogen and oxygen atoms in total. The lowest BCUT2D eigenvalue weighted by molar-refractivity contribution is -0.157. The van der Waals surface area contributed by atoms with Gasteiger partial charge in [0.1, 0.15) is 13.1 Å². The number of carbonyl (C=O) groups excluding carboxylic acids is 2. The summed E-state index contributed by atoms with van der Waals surface area (Å²) in [6, 6.07) is 0.0943. The first-order valence-corrected chi connectivity index (χ1v) is 9.67. The number of hydrogen-bond acceptors (Lipinski definition) is 3. The fourth-order valence-electron chi connectivity index (χ4n) is 3.10. The monoisotopic (exact) mass is 407 g/mol. The summed E-state index contributed by atoms with van der Waals surface area (Å²) in [7, 11) is 1.10. The second-order valence-electron chi connectivity index (χ2n) is 7.43. The molecule has 0 aromatic heterocycles. The van der Waals surface area contributed by atoms with Gasteiger partial charge in [-0.15, -0.1) is 0 Å². The highest BCUT2D eigenvalue weighted by Gasteiger charge is 2.31. The van der Waals surface area contributed by atoms with Gasteiger partial charge in [-0.1, -0.05) is 6.42 Å². The molecule has 28 heavy (non-hydrogen) atoms. The van der Waals surface area contributed by atoms with Crippen LogP contribution in [0, 0.1) is 5.92 Å². The number of halogens is 3. The van der Waals surface area contributed by atoms with Gasteiger partial charge in [0.2, 0.25) is 11.8 Å². The van der Waals surface area contributed by atoms with Gasteiger partial charge in [0, 0.05) is 31.6 Å². The summed E-state index contributed by atoms with van der Waals surface area (Å²) >= 11 is 0. The Kier molecular flexibility index (Phi) is 9.54. The van der Waals surface area contributed by atoms with E-state index in [0.717, 1.165) is 26.3 Å². The van der Waals surface area contributed by atoms with Crippen molar-refractivity contribution in [2.45, 2.75) is 64.7 Å². The lowest BCUT2D eigenvalue weighted by Crippen LogP contribution is -2.48. The molecule has 2 unspecified atom stereocenters. The third kappa shape index (κ3) is 9.27. The molecule has 1 aliphatic rings. The maximum atomic E-state index is 12.4. The molecule has 1 fully saturated rings. The van der Waals surface area contributed by atoms with E-state index in [1.807, 2.05) is 20.8 Å². The molecule has 2 amide bonds. The second kappa shape index (κ2) is 11.1. The van der Waals surface area contributed by atoms with Crippen LogP contribution in [0.15, 0.2) is 4.99 Å². The zero-order chi connectivity index (χ0) is 21.3. The number of amides is 2. The van der Waals surface area contributed by atoms with E-state index in [1.54, 1.807) is 0 Å². The lowest BCUT2D eigenvalue weighted by Gasteiger charge is -2.30. The van der Waals surface area contributed by atoms with Crippen molar-refractivity contribution >= 4 is 17.8 Å². The highest BCUT2D eigenvalue weighted by Crippen LogP contribution is 2.24. The van der Waals surface area contributed by atoms with Crippen LogP contribution < -0.4 is 16.0 Å². The summed E-state index contributed by atoms with van der Waals surface area (Å²) in [5.74, 6) is -0.401. The first-order valence-electron chi connectivity index (χ1n) is 9.67. The average Bonchev–Trinajstić information content (AvgIpc) is 2.57. The summed E-state index contributed by atoms with van der Waals surface area (Å²) in [5, 5.41) is 9.13. The number of rotatable bonds is 7. The number of alkyl halides is 3. The van der Waals surface area contributed by atoms with Crippen LogP contribution in [0.2, 0.25) is 0 Å². The zero-order valence-corrected chi connectivity index (χ0v) is 17.0. The van der Waals surface area contributed by atoms with Gasteiger partial charge in [0.05, 0.1) is 0 Å². The van der Waals surface area contributed by atoms with Gasteiger partial charge in [-0.3, -0.25) is 9.59 Å². The Hall–Kier alpha value is -2.00. The average molecular weight is 407 g/mol. The minimum atomic E-state index is -4.44. The Balaban J connectivity index is 2.64. The molecule has 1 saturated carbocycles. The highest BCUT2D eigenvalue weighted by atomic mass is 19.4. The summed E-state index contributed by atoms with van der Waals surface area (Å²) in [6.07, 6.45) is -1.22. The third-order valence-electron chi connectivity index (χ3n) is 4.38. The first-order chi connectivity index (χ1) is 13.0. The van der Waals surface area contributed by atoms with Gasteiger partial charge in [-0.25, -0.2) is 4.99 Å². The topological polar surface area (TPSA) is 85.8 Å². The van der Waals surface area contributed by atoms with Gasteiger partial charge in [0.15, 0.2) is 5.96 Å². The third-order valence-corrected chi connectivity index (χ3v) is 4.38. The Morgan fingerprint density at radius 2 is 1.93 bits per heavy atom. The molecule has 162 valence electrons. The summed E-state index contributed by atoms with van der Waals surface area (Å²) < 4.78 is 37.2. The molecular formula is C18H32F3N5O2. The van der Waals surface area contributed by atoms with E-state index in [0.29, 0.717) is 23.8 Å². The van der Waals surface area contributed by atoms with Gasteiger partial charge in [0.25, 0.3) is 0 Å². The van der Waals surface area contributed by atoms with Crippen LogP contribution in [-0.2, 0) is 9.59 Å². The van der Waals surface area contributed by atoms with Crippen molar-refractivity contribution in [2.75, 3.05) is 26.7 Å². The van der Waals surface area contributed by atoms with Crippen molar-refractivity contribution < 1.29 is 22.8 Å². The molecule has 0 aromatic rings. The Bertz CT molecular complexity index is 552. The maximum Gasteiger partial charge on any atom is 0.406 e. The van der Waals surface area contributed by atoms with Gasteiger partial charge < -0.3 is 20.9 Å². The van der Waals surface area contributed by atoms with Crippen molar-refractivity contribution in [3.05, 3.63) is 0 Å². The van der Waals surface area contributed by atoms with Crippen molar-refractivity contribution in [2.24, 2.45) is 10.9 Å². The van der Waals surface area contributed by atoms with Crippen LogP contribution >= 0.6 is 0 Å². The molecular weight excluding hydrogens is 375 g/mol. The molecule has 1 rings (SSSR count). The van der Waals surface area contributed by atoms with E-state index >= 15 is 0 Å². The molecule has 0 saturated heterocycles. The quantitative estimate of drug-likeness (QED) is 0.443. The minimum Gasteiger partial charge on any atom is -0.357 e. The van der Waals surface area contributed by atoms with Crippen molar-refractivity contribution in [1.82, 2.24) is 20.9 Å². The van der Waals surface area contributed by atoms with Gasteiger partial charge >= 0.3 is 6.18 Å². The molecule has 0 spiro atoms. The normalized spacial score (nSPS) is 20.6. The number of hydrogen-bond donors (Lipinski definition) is 3. The van der Waals surface area contributed by atoms with E-state index in [1.165, 1.54) is 0 Å². The number of guanidine groups is 1. The van der Waals surface area contributed by atoms with Gasteiger partial charge in [-0.05, 0) is 40.0 Å². The maximum absolute atomic E-state index is 12.4. The Morgan fingerprint density at radius 3 is 2.50 bits per heavy atom. The molecule has 0 heterocycles. The van der Waals surface area contributed by atoms with Crippen LogP contribution in [0.5, 0.6) is 0 Å². The van der Waals surface area contributed by atoms with E-state index < -0.39 is 18.6 Å². The Labute approximate surface area is 164 Å². The lowest BCUT2D eigenvalue weighted by atomic mass is 9.85. The van der Waals surface area contributed by atoms with Crippen LogP contribution in [0.1, 0.15) is 46.5 Å². The largest absolute Gasteiger partial charge is 0.406 e. The molecule has 0 aliphatic heterocycles. The predicted octanol–water partition coefficient (Wildman–Crippen LogP) is 1.65. The molecule has 0 radical (unpaired) electrons. The number of aliphatic imine (C=N–C) groups is 1. The fraction of sp³-hybridized carbons (Fsp3) is 0.833. The smallest absolute Gasteiger partial charge is 0.357 e. The molecule has 2 atom stereocenters. The summed E-state index contributed by atoms with van der Waals surface area (Å²) in [4.78, 5) is 28.8. The van der Waals surface area contributed by atoms with Crippen molar-refractivity contribution in [3.8, 4) is 0 Å². The first kappa shape index (κ1) is 24.0. The van der Waals surface area contributed by atoms with Crippen LogP contribution in [0.25, 0.3) is 0 Å². The summed E-state index contributed by atoms with van der Waals surface area (Å²) in [6.45, 7) is 4.54. The van der Waals surface area contributed by atoms with E-state index in [4.69, 9.17) is 0 Å². The van der Waals surface area contributed by atoms with Crippen molar-refractivity contribution in [1.29, 1.82) is 0 Å². The zero-order valence-electron chi connectivity index (χ0n) is 17.0. The Morgan fingerprint density at radius 1 is 1.25 bits per heavy atom. The van der Waals surface area contributed by atoms with E-state index in [-0.39, 0.29) is 30.5 Å². The summed E-state index contributed by atoms with van der Waals surface area (Å²) in [5.41, 5.74) is 0.